The molecule has 0 atom stereocenters. The molecule has 0 spiro atoms. The summed E-state index contributed by atoms with van der Waals surface area (Å²) in [7, 11) is 0. The van der Waals surface area contributed by atoms with E-state index < -0.39 is 5.60 Å². The van der Waals surface area contributed by atoms with Gasteiger partial charge < -0.3 is 10.4 Å². The maximum absolute atomic E-state index is 10.3. The average molecular weight is 272 g/mol. The quantitative estimate of drug-likeness (QED) is 0.774. The molecule has 1 heterocycles. The summed E-state index contributed by atoms with van der Waals surface area (Å²) >= 11 is 3.39. The maximum atomic E-state index is 10.3. The first-order valence-corrected chi connectivity index (χ1v) is 6.00. The first-order valence-electron chi connectivity index (χ1n) is 5.21. The molecule has 84 valence electrons. The Morgan fingerprint density at radius 2 is 2.00 bits per heavy atom. The number of allylic oxidation sites excluding steroid dienone is 3. The lowest BCUT2D eigenvalue weighted by atomic mass is 9.85. The molecule has 0 aromatic carbocycles. The molecule has 3 heteroatoms. The van der Waals surface area contributed by atoms with Gasteiger partial charge in [0.15, 0.2) is 0 Å². The summed E-state index contributed by atoms with van der Waals surface area (Å²) in [6.45, 7) is 7.61. The minimum atomic E-state index is -0.719. The van der Waals surface area contributed by atoms with E-state index in [1.165, 1.54) is 0 Å². The van der Waals surface area contributed by atoms with Crippen LogP contribution in [-0.4, -0.2) is 23.8 Å². The Morgan fingerprint density at radius 1 is 1.40 bits per heavy atom. The molecule has 0 aromatic heterocycles. The lowest BCUT2D eigenvalue weighted by Crippen LogP contribution is -2.42. The normalized spacial score (nSPS) is 21.9. The van der Waals surface area contributed by atoms with Crippen molar-refractivity contribution in [2.24, 2.45) is 0 Å². The van der Waals surface area contributed by atoms with E-state index in [1.54, 1.807) is 0 Å². The fourth-order valence-corrected chi connectivity index (χ4v) is 1.73. The Hall–Kier alpha value is -0.380. The Balaban J connectivity index is 2.63. The fourth-order valence-electron chi connectivity index (χ4n) is 1.59. The lowest BCUT2D eigenvalue weighted by Gasteiger charge is -2.33. The van der Waals surface area contributed by atoms with Crippen LogP contribution in [0.3, 0.4) is 0 Å². The zero-order chi connectivity index (χ0) is 11.3. The molecular weight excluding hydrogens is 254 g/mol. The van der Waals surface area contributed by atoms with Gasteiger partial charge in [0.1, 0.15) is 0 Å². The third-order valence-electron chi connectivity index (χ3n) is 2.75. The third kappa shape index (κ3) is 3.59. The first-order chi connectivity index (χ1) is 7.08. The molecule has 15 heavy (non-hydrogen) atoms. The van der Waals surface area contributed by atoms with Crippen molar-refractivity contribution < 1.29 is 5.11 Å². The molecular formula is C12H18BrNO. The van der Waals surface area contributed by atoms with Crippen LogP contribution in [0.25, 0.3) is 0 Å². The highest BCUT2D eigenvalue weighted by atomic mass is 79.9. The van der Waals surface area contributed by atoms with Crippen molar-refractivity contribution in [3.05, 3.63) is 34.9 Å². The van der Waals surface area contributed by atoms with Crippen LogP contribution in [-0.2, 0) is 0 Å². The van der Waals surface area contributed by atoms with Gasteiger partial charge in [0.2, 0.25) is 0 Å². The Labute approximate surface area is 99.9 Å². The van der Waals surface area contributed by atoms with Gasteiger partial charge in [0.05, 0.1) is 5.60 Å². The summed E-state index contributed by atoms with van der Waals surface area (Å²) in [5.41, 5.74) is 0.0748. The smallest absolute Gasteiger partial charge is 0.0915 e. The Kier molecular flexibility index (Phi) is 4.77. The predicted octanol–water partition coefficient (Wildman–Crippen LogP) is 2.51. The molecule has 0 radical (unpaired) electrons. The summed E-state index contributed by atoms with van der Waals surface area (Å²) in [5, 5.41) is 13.5. The van der Waals surface area contributed by atoms with Crippen LogP contribution in [0.5, 0.6) is 0 Å². The van der Waals surface area contributed by atoms with Crippen molar-refractivity contribution in [2.75, 3.05) is 13.1 Å². The van der Waals surface area contributed by atoms with Gasteiger partial charge >= 0.3 is 0 Å². The number of rotatable bonds is 3. The van der Waals surface area contributed by atoms with Gasteiger partial charge in [-0.15, -0.1) is 0 Å². The summed E-state index contributed by atoms with van der Waals surface area (Å²) in [4.78, 5) is 0. The van der Waals surface area contributed by atoms with Crippen molar-refractivity contribution in [3.8, 4) is 0 Å². The largest absolute Gasteiger partial charge is 0.385 e. The van der Waals surface area contributed by atoms with Crippen molar-refractivity contribution in [3.63, 3.8) is 0 Å². The van der Waals surface area contributed by atoms with Crippen LogP contribution in [0.2, 0.25) is 0 Å². The van der Waals surface area contributed by atoms with E-state index in [1.807, 2.05) is 25.2 Å². The van der Waals surface area contributed by atoms with E-state index in [-0.39, 0.29) is 0 Å². The van der Waals surface area contributed by atoms with Crippen molar-refractivity contribution >= 4 is 15.9 Å². The first kappa shape index (κ1) is 12.7. The standard InChI is InChI=1S/C12H18BrNO/c1-3-11(13)5-4-10(2)12(15)6-8-14-9-7-12/h3-5,14-15H,2,6-9H2,1H3/b5-4-,11-3+. The predicted molar refractivity (Wildman–Crippen MR) is 68.0 cm³/mol. The molecule has 0 saturated carbocycles. The monoisotopic (exact) mass is 271 g/mol. The summed E-state index contributed by atoms with van der Waals surface area (Å²) in [6, 6.07) is 0. The summed E-state index contributed by atoms with van der Waals surface area (Å²) in [6.07, 6.45) is 7.24. The second-order valence-electron chi connectivity index (χ2n) is 3.81. The lowest BCUT2D eigenvalue weighted by molar-refractivity contribution is 0.0501. The number of halogens is 1. The van der Waals surface area contributed by atoms with Crippen LogP contribution < -0.4 is 5.32 Å². The summed E-state index contributed by atoms with van der Waals surface area (Å²) in [5.74, 6) is 0. The highest BCUT2D eigenvalue weighted by molar-refractivity contribution is 9.11. The Bertz CT molecular complexity index is 288. The molecule has 0 unspecified atom stereocenters. The number of nitrogens with one attached hydrogen (secondary N) is 1. The van der Waals surface area contributed by atoms with Crippen LogP contribution in [0, 0.1) is 0 Å². The molecule has 1 fully saturated rings. The van der Waals surface area contributed by atoms with Crippen LogP contribution in [0.15, 0.2) is 34.9 Å². The molecule has 0 amide bonds. The maximum Gasteiger partial charge on any atom is 0.0915 e. The van der Waals surface area contributed by atoms with Gasteiger partial charge in [-0.1, -0.05) is 34.7 Å². The van der Waals surface area contributed by atoms with Gasteiger partial charge in [0, 0.05) is 4.48 Å². The minimum absolute atomic E-state index is 0.719. The molecule has 1 aliphatic heterocycles. The molecule has 0 aromatic rings. The zero-order valence-corrected chi connectivity index (χ0v) is 10.7. The second kappa shape index (κ2) is 5.64. The van der Waals surface area contributed by atoms with Crippen LogP contribution >= 0.6 is 15.9 Å². The van der Waals surface area contributed by atoms with Gasteiger partial charge in [-0.25, -0.2) is 0 Å². The summed E-state index contributed by atoms with van der Waals surface area (Å²) < 4.78 is 1.00. The topological polar surface area (TPSA) is 32.3 Å². The van der Waals surface area contributed by atoms with E-state index in [4.69, 9.17) is 0 Å². The minimum Gasteiger partial charge on any atom is -0.385 e. The molecule has 2 N–H and O–H groups in total. The van der Waals surface area contributed by atoms with Gasteiger partial charge in [-0.05, 0) is 44.5 Å². The number of hydrogen-bond donors (Lipinski definition) is 2. The molecule has 2 nitrogen and oxygen atoms in total. The van der Waals surface area contributed by atoms with Crippen molar-refractivity contribution in [2.45, 2.75) is 25.4 Å². The fraction of sp³-hybridized carbons (Fsp3) is 0.500. The second-order valence-corrected chi connectivity index (χ2v) is 4.73. The third-order valence-corrected chi connectivity index (χ3v) is 3.47. The van der Waals surface area contributed by atoms with Gasteiger partial charge in [0.25, 0.3) is 0 Å². The average Bonchev–Trinajstić information content (AvgIpc) is 2.26. The molecule has 1 aliphatic rings. The molecule has 1 saturated heterocycles. The van der Waals surface area contributed by atoms with E-state index >= 15 is 0 Å². The zero-order valence-electron chi connectivity index (χ0n) is 9.09. The van der Waals surface area contributed by atoms with E-state index in [0.29, 0.717) is 0 Å². The van der Waals surface area contributed by atoms with Gasteiger partial charge in [-0.3, -0.25) is 0 Å². The number of aliphatic hydroxyl groups is 1. The highest BCUT2D eigenvalue weighted by Gasteiger charge is 2.30. The van der Waals surface area contributed by atoms with Crippen LogP contribution in [0.1, 0.15) is 19.8 Å². The number of hydrogen-bond acceptors (Lipinski definition) is 2. The van der Waals surface area contributed by atoms with E-state index in [9.17, 15) is 5.11 Å². The Morgan fingerprint density at radius 3 is 2.53 bits per heavy atom. The number of piperidine rings is 1. The van der Waals surface area contributed by atoms with Gasteiger partial charge in [-0.2, -0.15) is 0 Å². The van der Waals surface area contributed by atoms with E-state index in [2.05, 4.69) is 27.8 Å². The molecule has 0 aliphatic carbocycles. The molecule has 1 rings (SSSR count). The molecule has 0 bridgehead atoms. The van der Waals surface area contributed by atoms with Crippen molar-refractivity contribution in [1.29, 1.82) is 0 Å². The highest BCUT2D eigenvalue weighted by Crippen LogP contribution is 2.27. The SMILES string of the molecule is C=C(/C=C\C(Br)=C/C)C1(O)CCNCC1. The van der Waals surface area contributed by atoms with E-state index in [0.717, 1.165) is 36.0 Å². The van der Waals surface area contributed by atoms with Crippen molar-refractivity contribution in [1.82, 2.24) is 5.32 Å². The van der Waals surface area contributed by atoms with Crippen LogP contribution in [0.4, 0.5) is 0 Å².